The Morgan fingerprint density at radius 1 is 1.08 bits per heavy atom. The number of hydrogen-bond donors (Lipinski definition) is 3. The topological polar surface area (TPSA) is 52.5 Å². The molecule has 0 aromatic rings. The van der Waals surface area contributed by atoms with Crippen LogP contribution in [-0.4, -0.2) is 36.5 Å². The van der Waals surface area contributed by atoms with Crippen LogP contribution in [0.3, 0.4) is 0 Å². The molecule has 1 aliphatic rings. The van der Waals surface area contributed by atoms with E-state index in [0.717, 1.165) is 19.4 Å². The number of rotatable bonds is 5. The van der Waals surface area contributed by atoms with Gasteiger partial charge in [-0.15, -0.1) is 0 Å². The second kappa shape index (κ2) is 5.58. The zero-order valence-electron chi connectivity index (χ0n) is 8.26. The average Bonchev–Trinajstić information content (AvgIpc) is 2.20. The fourth-order valence-electron chi connectivity index (χ4n) is 2.13. The van der Waals surface area contributed by atoms with Crippen molar-refractivity contribution in [1.82, 2.24) is 5.32 Å². The molecule has 0 spiro atoms. The maximum Gasteiger partial charge on any atom is 0.0555 e. The fraction of sp³-hybridized carbons (Fsp3) is 1.00. The molecule has 13 heavy (non-hydrogen) atoms. The smallest absolute Gasteiger partial charge is 0.0555 e. The normalized spacial score (nSPS) is 21.7. The van der Waals surface area contributed by atoms with Crippen LogP contribution in [0.1, 0.15) is 32.1 Å². The summed E-state index contributed by atoms with van der Waals surface area (Å²) < 4.78 is 0. The first-order valence-corrected chi connectivity index (χ1v) is 5.25. The highest BCUT2D eigenvalue weighted by atomic mass is 16.3. The van der Waals surface area contributed by atoms with Gasteiger partial charge in [-0.2, -0.15) is 0 Å². The van der Waals surface area contributed by atoms with Gasteiger partial charge in [-0.25, -0.2) is 0 Å². The summed E-state index contributed by atoms with van der Waals surface area (Å²) in [6.07, 6.45) is 6.04. The highest BCUT2D eigenvalue weighted by Crippen LogP contribution is 2.34. The van der Waals surface area contributed by atoms with Gasteiger partial charge >= 0.3 is 0 Å². The summed E-state index contributed by atoms with van der Waals surface area (Å²) in [5.74, 6) is 0. The Morgan fingerprint density at radius 3 is 2.31 bits per heavy atom. The number of hydrogen-bond acceptors (Lipinski definition) is 3. The first kappa shape index (κ1) is 11.0. The van der Waals surface area contributed by atoms with Crippen LogP contribution in [0.15, 0.2) is 0 Å². The first-order valence-electron chi connectivity index (χ1n) is 5.25. The maximum absolute atomic E-state index is 9.34. The van der Waals surface area contributed by atoms with Crippen molar-refractivity contribution in [3.63, 3.8) is 0 Å². The van der Waals surface area contributed by atoms with Gasteiger partial charge in [-0.3, -0.25) is 0 Å². The number of nitrogens with one attached hydrogen (secondary N) is 1. The van der Waals surface area contributed by atoms with Crippen LogP contribution in [0.2, 0.25) is 0 Å². The predicted molar refractivity (Wildman–Crippen MR) is 52.6 cm³/mol. The Morgan fingerprint density at radius 2 is 1.77 bits per heavy atom. The van der Waals surface area contributed by atoms with Crippen molar-refractivity contribution in [3.05, 3.63) is 0 Å². The van der Waals surface area contributed by atoms with Gasteiger partial charge in [0, 0.05) is 25.1 Å². The lowest BCUT2D eigenvalue weighted by molar-refractivity contribution is 0.0801. The molecule has 0 aromatic heterocycles. The molecule has 1 aliphatic carbocycles. The quantitative estimate of drug-likeness (QED) is 0.550. The third-order valence-electron chi connectivity index (χ3n) is 3.04. The van der Waals surface area contributed by atoms with E-state index in [9.17, 15) is 5.11 Å². The molecule has 0 bridgehead atoms. The van der Waals surface area contributed by atoms with E-state index in [0.29, 0.717) is 6.54 Å². The monoisotopic (exact) mass is 187 g/mol. The lowest BCUT2D eigenvalue weighted by atomic mass is 9.74. The van der Waals surface area contributed by atoms with Crippen LogP contribution in [0.25, 0.3) is 0 Å². The van der Waals surface area contributed by atoms with Crippen molar-refractivity contribution >= 4 is 0 Å². The highest BCUT2D eigenvalue weighted by molar-refractivity contribution is 4.84. The third-order valence-corrected chi connectivity index (χ3v) is 3.04. The van der Waals surface area contributed by atoms with Crippen LogP contribution in [-0.2, 0) is 0 Å². The zero-order valence-corrected chi connectivity index (χ0v) is 8.26. The molecule has 0 heterocycles. The largest absolute Gasteiger partial charge is 0.396 e. The molecule has 0 atom stereocenters. The second-order valence-corrected chi connectivity index (χ2v) is 4.12. The van der Waals surface area contributed by atoms with Crippen LogP contribution in [0.5, 0.6) is 0 Å². The summed E-state index contributed by atoms with van der Waals surface area (Å²) in [6, 6.07) is 0. The van der Waals surface area contributed by atoms with Crippen molar-refractivity contribution in [2.24, 2.45) is 5.41 Å². The zero-order chi connectivity index (χ0) is 9.57. The van der Waals surface area contributed by atoms with Gasteiger partial charge in [0.1, 0.15) is 0 Å². The minimum Gasteiger partial charge on any atom is -0.396 e. The van der Waals surface area contributed by atoms with Crippen LogP contribution in [0, 0.1) is 5.41 Å². The van der Waals surface area contributed by atoms with E-state index < -0.39 is 0 Å². The second-order valence-electron chi connectivity index (χ2n) is 4.12. The third kappa shape index (κ3) is 3.25. The van der Waals surface area contributed by atoms with E-state index in [1.165, 1.54) is 19.3 Å². The van der Waals surface area contributed by atoms with Crippen molar-refractivity contribution in [1.29, 1.82) is 0 Å². The Hall–Kier alpha value is -0.120. The molecule has 0 saturated heterocycles. The van der Waals surface area contributed by atoms with Crippen LogP contribution in [0.4, 0.5) is 0 Å². The lowest BCUT2D eigenvalue weighted by Gasteiger charge is -2.35. The molecule has 1 fully saturated rings. The molecule has 0 radical (unpaired) electrons. The Kier molecular flexibility index (Phi) is 4.70. The van der Waals surface area contributed by atoms with Gasteiger partial charge in [-0.1, -0.05) is 19.3 Å². The molecular formula is C10H21NO2. The molecule has 0 aliphatic heterocycles. The van der Waals surface area contributed by atoms with Crippen molar-refractivity contribution < 1.29 is 10.2 Å². The summed E-state index contributed by atoms with van der Waals surface area (Å²) in [7, 11) is 0. The molecule has 0 unspecified atom stereocenters. The number of aliphatic hydroxyl groups is 2. The van der Waals surface area contributed by atoms with E-state index in [1.54, 1.807) is 0 Å². The van der Waals surface area contributed by atoms with E-state index in [1.807, 2.05) is 0 Å². The maximum atomic E-state index is 9.34. The minimum absolute atomic E-state index is 0.105. The Balaban J connectivity index is 2.29. The molecule has 1 saturated carbocycles. The number of aliphatic hydroxyl groups excluding tert-OH is 2. The van der Waals surface area contributed by atoms with Gasteiger partial charge in [0.05, 0.1) is 6.61 Å². The summed E-state index contributed by atoms with van der Waals surface area (Å²) in [5, 5.41) is 21.2. The van der Waals surface area contributed by atoms with E-state index in [-0.39, 0.29) is 18.6 Å². The molecule has 3 nitrogen and oxygen atoms in total. The van der Waals surface area contributed by atoms with Crippen molar-refractivity contribution in [2.75, 3.05) is 26.3 Å². The van der Waals surface area contributed by atoms with Crippen LogP contribution < -0.4 is 5.32 Å². The van der Waals surface area contributed by atoms with Crippen molar-refractivity contribution in [3.8, 4) is 0 Å². The summed E-state index contributed by atoms with van der Waals surface area (Å²) in [6.45, 7) is 1.96. The van der Waals surface area contributed by atoms with Gasteiger partial charge < -0.3 is 15.5 Å². The van der Waals surface area contributed by atoms with E-state index in [4.69, 9.17) is 5.11 Å². The minimum atomic E-state index is 0.105. The molecule has 0 aromatic carbocycles. The fourth-order valence-corrected chi connectivity index (χ4v) is 2.13. The SMILES string of the molecule is OCCNCC1(CO)CCCCC1. The molecule has 78 valence electrons. The van der Waals surface area contributed by atoms with E-state index >= 15 is 0 Å². The van der Waals surface area contributed by atoms with Gasteiger partial charge in [0.2, 0.25) is 0 Å². The van der Waals surface area contributed by atoms with E-state index in [2.05, 4.69) is 5.32 Å². The first-order chi connectivity index (χ1) is 6.33. The summed E-state index contributed by atoms with van der Waals surface area (Å²) >= 11 is 0. The Labute approximate surface area is 80.2 Å². The average molecular weight is 187 g/mol. The summed E-state index contributed by atoms with van der Waals surface area (Å²) in [4.78, 5) is 0. The standard InChI is InChI=1S/C10H21NO2/c12-7-6-11-8-10(9-13)4-2-1-3-5-10/h11-13H,1-9H2. The summed E-state index contributed by atoms with van der Waals surface area (Å²) in [5.41, 5.74) is 0.105. The lowest BCUT2D eigenvalue weighted by Crippen LogP contribution is -2.39. The highest BCUT2D eigenvalue weighted by Gasteiger charge is 2.30. The molecule has 3 heteroatoms. The van der Waals surface area contributed by atoms with Gasteiger partial charge in [0.25, 0.3) is 0 Å². The predicted octanol–water partition coefficient (Wildman–Crippen LogP) is 0.511. The molecular weight excluding hydrogens is 166 g/mol. The molecule has 1 rings (SSSR count). The van der Waals surface area contributed by atoms with Crippen LogP contribution >= 0.6 is 0 Å². The van der Waals surface area contributed by atoms with Gasteiger partial charge in [-0.05, 0) is 12.8 Å². The Bertz CT molecular complexity index is 133. The van der Waals surface area contributed by atoms with Crippen molar-refractivity contribution in [2.45, 2.75) is 32.1 Å². The molecule has 0 amide bonds. The molecule has 3 N–H and O–H groups in total. The van der Waals surface area contributed by atoms with Gasteiger partial charge in [0.15, 0.2) is 0 Å².